The van der Waals surface area contributed by atoms with E-state index in [0.29, 0.717) is 31.8 Å². The Labute approximate surface area is 203 Å². The van der Waals surface area contributed by atoms with Gasteiger partial charge >= 0.3 is 0 Å². The lowest BCUT2D eigenvalue weighted by Crippen LogP contribution is -2.45. The number of nitrogens with zero attached hydrogens (tertiary/aromatic N) is 1. The molecule has 0 spiro atoms. The van der Waals surface area contributed by atoms with Crippen molar-refractivity contribution in [3.8, 4) is 11.5 Å². The van der Waals surface area contributed by atoms with Gasteiger partial charge in [0.25, 0.3) is 0 Å². The van der Waals surface area contributed by atoms with Gasteiger partial charge < -0.3 is 14.8 Å². The number of amides is 1. The molecule has 1 fully saturated rings. The molecule has 0 saturated carbocycles. The first-order chi connectivity index (χ1) is 16.5. The second-order valence-corrected chi connectivity index (χ2v) is 9.28. The largest absolute Gasteiger partial charge is 0.454 e. The molecular weight excluding hydrogens is 455 g/mol. The Morgan fingerprint density at radius 1 is 1.03 bits per heavy atom. The molecule has 1 saturated heterocycles. The molecule has 7 heteroatoms. The summed E-state index contributed by atoms with van der Waals surface area (Å²) < 4.78 is 24.3. The minimum absolute atomic E-state index is 0.00800. The third kappa shape index (κ3) is 5.18. The molecule has 0 radical (unpaired) electrons. The molecule has 2 heterocycles. The predicted molar refractivity (Wildman–Crippen MR) is 128 cm³/mol. The highest BCUT2D eigenvalue weighted by molar-refractivity contribution is 6.31. The summed E-state index contributed by atoms with van der Waals surface area (Å²) in [4.78, 5) is 15.5. The number of halogens is 2. The van der Waals surface area contributed by atoms with Gasteiger partial charge in [-0.05, 0) is 59.4 Å². The van der Waals surface area contributed by atoms with Gasteiger partial charge in [-0.15, -0.1) is 0 Å². The summed E-state index contributed by atoms with van der Waals surface area (Å²) in [5, 5.41) is 3.81. The maximum Gasteiger partial charge on any atom is 0.231 e. The number of rotatable bonds is 6. The SMILES string of the molecule is O=C(NCc1ccc2c(c1)OCO2)C1CC(c2ccc(F)cc2)CN(Cc2ccccc2Cl)C1. The number of ether oxygens (including phenoxy) is 2. The lowest BCUT2D eigenvalue weighted by Gasteiger charge is -2.37. The van der Waals surface area contributed by atoms with Crippen molar-refractivity contribution >= 4 is 17.5 Å². The number of nitrogens with one attached hydrogen (secondary N) is 1. The third-order valence-electron chi connectivity index (χ3n) is 6.49. The second-order valence-electron chi connectivity index (χ2n) is 8.87. The summed E-state index contributed by atoms with van der Waals surface area (Å²) in [7, 11) is 0. The third-order valence-corrected chi connectivity index (χ3v) is 6.86. The quantitative estimate of drug-likeness (QED) is 0.531. The monoisotopic (exact) mass is 480 g/mol. The molecule has 2 unspecified atom stereocenters. The Kier molecular flexibility index (Phi) is 6.70. The van der Waals surface area contributed by atoms with Crippen molar-refractivity contribution in [1.29, 1.82) is 0 Å². The summed E-state index contributed by atoms with van der Waals surface area (Å²) in [5.41, 5.74) is 3.03. The Morgan fingerprint density at radius 2 is 1.82 bits per heavy atom. The minimum Gasteiger partial charge on any atom is -0.454 e. The van der Waals surface area contributed by atoms with Crippen molar-refractivity contribution in [2.45, 2.75) is 25.4 Å². The van der Waals surface area contributed by atoms with E-state index in [2.05, 4.69) is 10.2 Å². The number of carbonyl (C=O) groups excluding carboxylic acids is 1. The fourth-order valence-electron chi connectivity index (χ4n) is 4.74. The minimum atomic E-state index is -0.259. The molecule has 3 aromatic carbocycles. The predicted octanol–water partition coefficient (Wildman–Crippen LogP) is 5.13. The summed E-state index contributed by atoms with van der Waals surface area (Å²) in [5.74, 6) is 1.10. The van der Waals surface area contributed by atoms with E-state index in [4.69, 9.17) is 21.1 Å². The highest BCUT2D eigenvalue weighted by atomic mass is 35.5. The van der Waals surface area contributed by atoms with Crippen molar-refractivity contribution < 1.29 is 18.7 Å². The Hall–Kier alpha value is -3.09. The number of hydrogen-bond acceptors (Lipinski definition) is 4. The number of likely N-dealkylation sites (tertiary alicyclic amines) is 1. The highest BCUT2D eigenvalue weighted by Gasteiger charge is 2.32. The molecule has 5 rings (SSSR count). The van der Waals surface area contributed by atoms with Crippen LogP contribution in [0.15, 0.2) is 66.7 Å². The van der Waals surface area contributed by atoms with E-state index in [0.717, 1.165) is 34.0 Å². The smallest absolute Gasteiger partial charge is 0.231 e. The van der Waals surface area contributed by atoms with E-state index in [-0.39, 0.29) is 30.4 Å². The molecule has 34 heavy (non-hydrogen) atoms. The Morgan fingerprint density at radius 3 is 2.65 bits per heavy atom. The average Bonchev–Trinajstić information content (AvgIpc) is 3.32. The fraction of sp³-hybridized carbons (Fsp3) is 0.296. The fourth-order valence-corrected chi connectivity index (χ4v) is 4.93. The first-order valence-corrected chi connectivity index (χ1v) is 11.8. The molecule has 0 bridgehead atoms. The van der Waals surface area contributed by atoms with Gasteiger partial charge in [0.05, 0.1) is 5.92 Å². The molecule has 0 aliphatic carbocycles. The van der Waals surface area contributed by atoms with Gasteiger partial charge in [0.1, 0.15) is 5.82 Å². The van der Waals surface area contributed by atoms with Crippen molar-refractivity contribution in [3.63, 3.8) is 0 Å². The maximum absolute atomic E-state index is 13.5. The standard InChI is InChI=1S/C27H26ClFN2O3/c28-24-4-2-1-3-20(24)14-31-15-21(19-6-8-23(29)9-7-19)12-22(16-31)27(32)30-13-18-5-10-25-26(11-18)34-17-33-25/h1-11,21-22H,12-17H2,(H,30,32). The van der Waals surface area contributed by atoms with E-state index in [9.17, 15) is 9.18 Å². The van der Waals surface area contributed by atoms with E-state index < -0.39 is 0 Å². The van der Waals surface area contributed by atoms with E-state index in [1.54, 1.807) is 0 Å². The number of piperidine rings is 1. The van der Waals surface area contributed by atoms with Gasteiger partial charge in [-0.3, -0.25) is 9.69 Å². The van der Waals surface area contributed by atoms with Crippen LogP contribution in [0.5, 0.6) is 11.5 Å². The van der Waals surface area contributed by atoms with E-state index in [1.807, 2.05) is 54.6 Å². The van der Waals surface area contributed by atoms with Crippen molar-refractivity contribution in [2.75, 3.05) is 19.9 Å². The first-order valence-electron chi connectivity index (χ1n) is 11.4. The zero-order valence-corrected chi connectivity index (χ0v) is 19.4. The topological polar surface area (TPSA) is 50.8 Å². The molecular formula is C27H26ClFN2O3. The molecule has 1 amide bonds. The average molecular weight is 481 g/mol. The lowest BCUT2D eigenvalue weighted by molar-refractivity contribution is -0.127. The van der Waals surface area contributed by atoms with Crippen LogP contribution in [0.25, 0.3) is 0 Å². The summed E-state index contributed by atoms with van der Waals surface area (Å²) >= 11 is 6.40. The second kappa shape index (κ2) is 10.0. The van der Waals surface area contributed by atoms with Crippen LogP contribution in [0.4, 0.5) is 4.39 Å². The van der Waals surface area contributed by atoms with Crippen LogP contribution in [-0.2, 0) is 17.9 Å². The van der Waals surface area contributed by atoms with Gasteiger partial charge in [0.2, 0.25) is 12.7 Å². The van der Waals surface area contributed by atoms with Crippen LogP contribution in [-0.4, -0.2) is 30.7 Å². The van der Waals surface area contributed by atoms with E-state index in [1.165, 1.54) is 12.1 Å². The van der Waals surface area contributed by atoms with Crippen LogP contribution >= 0.6 is 11.6 Å². The Balaban J connectivity index is 1.30. The van der Waals surface area contributed by atoms with Gasteiger partial charge in [-0.2, -0.15) is 0 Å². The molecule has 0 aromatic heterocycles. The van der Waals surface area contributed by atoms with E-state index >= 15 is 0 Å². The lowest BCUT2D eigenvalue weighted by atomic mass is 9.83. The summed E-state index contributed by atoms with van der Waals surface area (Å²) in [6.45, 7) is 2.71. The molecule has 1 N–H and O–H groups in total. The Bertz CT molecular complexity index is 1170. The van der Waals surface area contributed by atoms with Crippen molar-refractivity contribution in [2.24, 2.45) is 5.92 Å². The van der Waals surface area contributed by atoms with Crippen LogP contribution in [0.1, 0.15) is 29.0 Å². The van der Waals surface area contributed by atoms with Crippen molar-refractivity contribution in [1.82, 2.24) is 10.2 Å². The van der Waals surface area contributed by atoms with Gasteiger partial charge in [0.15, 0.2) is 11.5 Å². The van der Waals surface area contributed by atoms with Gasteiger partial charge in [0, 0.05) is 31.2 Å². The van der Waals surface area contributed by atoms with Crippen LogP contribution in [0, 0.1) is 11.7 Å². The maximum atomic E-state index is 13.5. The first kappa shape index (κ1) is 22.7. The summed E-state index contributed by atoms with van der Waals surface area (Å²) in [6.07, 6.45) is 0.706. The van der Waals surface area contributed by atoms with Gasteiger partial charge in [-0.1, -0.05) is 48.0 Å². The molecule has 3 aromatic rings. The number of hydrogen-bond donors (Lipinski definition) is 1. The van der Waals surface area contributed by atoms with Crippen LogP contribution < -0.4 is 14.8 Å². The van der Waals surface area contributed by atoms with Crippen LogP contribution in [0.2, 0.25) is 5.02 Å². The zero-order chi connectivity index (χ0) is 23.5. The molecule has 2 atom stereocenters. The van der Waals surface area contributed by atoms with Gasteiger partial charge in [-0.25, -0.2) is 4.39 Å². The number of carbonyl (C=O) groups is 1. The zero-order valence-electron chi connectivity index (χ0n) is 18.7. The molecule has 2 aliphatic rings. The summed E-state index contributed by atoms with van der Waals surface area (Å²) in [6, 6.07) is 20.1. The highest BCUT2D eigenvalue weighted by Crippen LogP contribution is 2.34. The normalized spacial score (nSPS) is 19.7. The van der Waals surface area contributed by atoms with Crippen LogP contribution in [0.3, 0.4) is 0 Å². The van der Waals surface area contributed by atoms with Crippen molar-refractivity contribution in [3.05, 3.63) is 94.3 Å². The molecule has 2 aliphatic heterocycles. The number of benzene rings is 3. The number of fused-ring (bicyclic) bond motifs is 1. The molecule has 176 valence electrons. The molecule has 5 nitrogen and oxygen atoms in total.